The lowest BCUT2D eigenvalue weighted by atomic mass is 9.93. The Balaban J connectivity index is 2.10. The number of hydrogen-bond acceptors (Lipinski definition) is 2. The Labute approximate surface area is 110 Å². The van der Waals surface area contributed by atoms with Crippen LogP contribution in [0.25, 0.3) is 11.0 Å². The van der Waals surface area contributed by atoms with Gasteiger partial charge in [-0.05, 0) is 36.8 Å². The fraction of sp³-hybridized carbons (Fsp3) is 0.125. The molecule has 1 atom stereocenters. The van der Waals surface area contributed by atoms with Crippen LogP contribution in [-0.4, -0.2) is 5.11 Å². The van der Waals surface area contributed by atoms with Gasteiger partial charge < -0.3 is 9.52 Å². The Morgan fingerprint density at radius 3 is 2.42 bits per heavy atom. The minimum absolute atomic E-state index is 0.329. The molecule has 1 N–H and O–H groups in total. The molecule has 1 unspecified atom stereocenters. The maximum atomic E-state index is 12.9. The normalized spacial score (nSPS) is 14.5. The molecule has 0 aliphatic rings. The topological polar surface area (TPSA) is 33.4 Å². The number of hydrogen-bond donors (Lipinski definition) is 1. The molecule has 3 heteroatoms. The summed E-state index contributed by atoms with van der Waals surface area (Å²) < 4.78 is 18.6. The third-order valence-electron chi connectivity index (χ3n) is 3.31. The highest BCUT2D eigenvalue weighted by molar-refractivity contribution is 5.78. The van der Waals surface area contributed by atoms with Crippen molar-refractivity contribution in [3.63, 3.8) is 0 Å². The second-order valence-electron chi connectivity index (χ2n) is 4.73. The highest BCUT2D eigenvalue weighted by Gasteiger charge is 2.29. The molecule has 2 nitrogen and oxygen atoms in total. The van der Waals surface area contributed by atoms with Crippen molar-refractivity contribution in [2.24, 2.45) is 0 Å². The van der Waals surface area contributed by atoms with E-state index in [2.05, 4.69) is 0 Å². The van der Waals surface area contributed by atoms with Gasteiger partial charge in [-0.3, -0.25) is 0 Å². The molecular formula is C16H13FO2. The number of furan rings is 1. The van der Waals surface area contributed by atoms with Gasteiger partial charge in [0.2, 0.25) is 0 Å². The van der Waals surface area contributed by atoms with E-state index in [-0.39, 0.29) is 5.82 Å². The van der Waals surface area contributed by atoms with Crippen molar-refractivity contribution in [3.8, 4) is 0 Å². The van der Waals surface area contributed by atoms with E-state index in [0.717, 1.165) is 11.0 Å². The summed E-state index contributed by atoms with van der Waals surface area (Å²) in [6, 6.07) is 15.1. The molecule has 0 aliphatic carbocycles. The third kappa shape index (κ3) is 2.02. The number of fused-ring (bicyclic) bond motifs is 1. The van der Waals surface area contributed by atoms with Gasteiger partial charge in [0.05, 0.1) is 0 Å². The van der Waals surface area contributed by atoms with Crippen LogP contribution in [0.5, 0.6) is 0 Å². The molecule has 0 fully saturated rings. The minimum Gasteiger partial charge on any atom is -0.458 e. The van der Waals surface area contributed by atoms with Crippen LogP contribution < -0.4 is 0 Å². The fourth-order valence-electron chi connectivity index (χ4n) is 2.14. The largest absolute Gasteiger partial charge is 0.458 e. The number of aliphatic hydroxyl groups is 1. The van der Waals surface area contributed by atoms with Gasteiger partial charge in [-0.2, -0.15) is 0 Å². The fourth-order valence-corrected chi connectivity index (χ4v) is 2.14. The summed E-state index contributed by atoms with van der Waals surface area (Å²) >= 11 is 0. The predicted octanol–water partition coefficient (Wildman–Crippen LogP) is 3.83. The number of benzene rings is 2. The SMILES string of the molecule is CC(O)(c1ccc(F)cc1)c1cc2ccccc2o1. The number of para-hydroxylation sites is 1. The van der Waals surface area contributed by atoms with E-state index >= 15 is 0 Å². The predicted molar refractivity (Wildman–Crippen MR) is 71.3 cm³/mol. The summed E-state index contributed by atoms with van der Waals surface area (Å²) in [5.74, 6) is 0.115. The van der Waals surface area contributed by atoms with E-state index in [1.165, 1.54) is 12.1 Å². The average Bonchev–Trinajstić information content (AvgIpc) is 2.83. The van der Waals surface area contributed by atoms with Crippen LogP contribution in [0.2, 0.25) is 0 Å². The smallest absolute Gasteiger partial charge is 0.144 e. The lowest BCUT2D eigenvalue weighted by Crippen LogP contribution is -2.21. The van der Waals surface area contributed by atoms with Crippen molar-refractivity contribution in [3.05, 3.63) is 71.7 Å². The summed E-state index contributed by atoms with van der Waals surface area (Å²) in [7, 11) is 0. The van der Waals surface area contributed by atoms with Crippen molar-refractivity contribution in [1.82, 2.24) is 0 Å². The molecule has 96 valence electrons. The second kappa shape index (κ2) is 4.21. The maximum Gasteiger partial charge on any atom is 0.144 e. The Bertz CT molecular complexity index is 678. The maximum absolute atomic E-state index is 12.9. The van der Waals surface area contributed by atoms with Crippen LogP contribution in [0.1, 0.15) is 18.2 Å². The zero-order valence-electron chi connectivity index (χ0n) is 10.4. The van der Waals surface area contributed by atoms with Gasteiger partial charge in [0.1, 0.15) is 22.8 Å². The molecule has 1 aromatic heterocycles. The molecule has 3 aromatic rings. The van der Waals surface area contributed by atoms with Gasteiger partial charge in [0.15, 0.2) is 0 Å². The summed E-state index contributed by atoms with van der Waals surface area (Å²) in [6.45, 7) is 1.64. The molecule has 0 saturated heterocycles. The van der Waals surface area contributed by atoms with E-state index in [1.54, 1.807) is 25.1 Å². The molecule has 0 aliphatic heterocycles. The Kier molecular flexibility index (Phi) is 2.64. The lowest BCUT2D eigenvalue weighted by Gasteiger charge is -2.21. The van der Waals surface area contributed by atoms with E-state index in [0.29, 0.717) is 11.3 Å². The highest BCUT2D eigenvalue weighted by Crippen LogP contribution is 2.33. The van der Waals surface area contributed by atoms with Crippen molar-refractivity contribution < 1.29 is 13.9 Å². The molecule has 0 saturated carbocycles. The van der Waals surface area contributed by atoms with Crippen molar-refractivity contribution >= 4 is 11.0 Å². The van der Waals surface area contributed by atoms with Crippen molar-refractivity contribution in [2.75, 3.05) is 0 Å². The quantitative estimate of drug-likeness (QED) is 0.756. The molecule has 0 bridgehead atoms. The first kappa shape index (κ1) is 11.9. The summed E-state index contributed by atoms with van der Waals surface area (Å²) in [5, 5.41) is 11.6. The molecule has 0 spiro atoms. The molecule has 3 rings (SSSR count). The number of halogens is 1. The molecule has 19 heavy (non-hydrogen) atoms. The zero-order valence-corrected chi connectivity index (χ0v) is 10.4. The van der Waals surface area contributed by atoms with Gasteiger partial charge >= 0.3 is 0 Å². The molecule has 1 heterocycles. The summed E-state index contributed by atoms with van der Waals surface area (Å²) in [4.78, 5) is 0. The van der Waals surface area contributed by atoms with Crippen LogP contribution >= 0.6 is 0 Å². The van der Waals surface area contributed by atoms with Gasteiger partial charge in [-0.1, -0.05) is 30.3 Å². The Morgan fingerprint density at radius 2 is 1.74 bits per heavy atom. The van der Waals surface area contributed by atoms with Crippen LogP contribution in [0, 0.1) is 5.82 Å². The second-order valence-corrected chi connectivity index (χ2v) is 4.73. The molecule has 0 radical (unpaired) electrons. The first-order chi connectivity index (χ1) is 9.07. The third-order valence-corrected chi connectivity index (χ3v) is 3.31. The Morgan fingerprint density at radius 1 is 1.05 bits per heavy atom. The van der Waals surface area contributed by atoms with Gasteiger partial charge in [0.25, 0.3) is 0 Å². The van der Waals surface area contributed by atoms with E-state index in [9.17, 15) is 9.50 Å². The van der Waals surface area contributed by atoms with Gasteiger partial charge in [-0.25, -0.2) is 4.39 Å². The van der Waals surface area contributed by atoms with Crippen molar-refractivity contribution in [1.29, 1.82) is 0 Å². The Hall–Kier alpha value is -2.13. The standard InChI is InChI=1S/C16H13FO2/c1-16(18,12-6-8-13(17)9-7-12)15-10-11-4-2-3-5-14(11)19-15/h2-10,18H,1H3. The van der Waals surface area contributed by atoms with Crippen LogP contribution in [0.15, 0.2) is 59.0 Å². The van der Waals surface area contributed by atoms with E-state index in [1.807, 2.05) is 24.3 Å². The summed E-state index contributed by atoms with van der Waals surface area (Å²) in [5.41, 5.74) is 0.0278. The highest BCUT2D eigenvalue weighted by atomic mass is 19.1. The minimum atomic E-state index is -1.28. The van der Waals surface area contributed by atoms with Crippen LogP contribution in [0.3, 0.4) is 0 Å². The first-order valence-electron chi connectivity index (χ1n) is 6.05. The molecule has 2 aromatic carbocycles. The van der Waals surface area contributed by atoms with Crippen LogP contribution in [0.4, 0.5) is 4.39 Å². The van der Waals surface area contributed by atoms with Crippen LogP contribution in [-0.2, 0) is 5.60 Å². The molecular weight excluding hydrogens is 243 g/mol. The van der Waals surface area contributed by atoms with Gasteiger partial charge in [0, 0.05) is 5.39 Å². The first-order valence-corrected chi connectivity index (χ1v) is 6.05. The zero-order chi connectivity index (χ0) is 13.5. The van der Waals surface area contributed by atoms with Crippen molar-refractivity contribution in [2.45, 2.75) is 12.5 Å². The lowest BCUT2D eigenvalue weighted by molar-refractivity contribution is 0.0786. The van der Waals surface area contributed by atoms with E-state index < -0.39 is 5.60 Å². The summed E-state index contributed by atoms with van der Waals surface area (Å²) in [6.07, 6.45) is 0. The van der Waals surface area contributed by atoms with Gasteiger partial charge in [-0.15, -0.1) is 0 Å². The number of rotatable bonds is 2. The molecule has 0 amide bonds. The average molecular weight is 256 g/mol. The van der Waals surface area contributed by atoms with E-state index in [4.69, 9.17) is 4.42 Å². The monoisotopic (exact) mass is 256 g/mol.